The third-order valence-corrected chi connectivity index (χ3v) is 6.69. The number of carbonyl (C=O) groups excluding carboxylic acids is 3. The molecule has 0 bridgehead atoms. The van der Waals surface area contributed by atoms with E-state index in [4.69, 9.17) is 0 Å². The van der Waals surface area contributed by atoms with Crippen molar-refractivity contribution in [1.82, 2.24) is 15.5 Å². The molecule has 27 heavy (non-hydrogen) atoms. The molecule has 2 heterocycles. The zero-order valence-corrected chi connectivity index (χ0v) is 15.8. The van der Waals surface area contributed by atoms with Crippen LogP contribution in [0.5, 0.6) is 0 Å². The van der Waals surface area contributed by atoms with Gasteiger partial charge in [-0.15, -0.1) is 0 Å². The molecule has 0 unspecified atom stereocenters. The standard InChI is InChI=1S/C18H23N3O5S/c22-15(19-10-4-7-14-5-2-1-3-6-14)13-21-16(23)18(20-17(21)24)8-11-27(25,26)12-9-18/h1-3,5-6H,4,7-13H2,(H,19,22)(H,20,24). The molecule has 2 N–H and O–H groups in total. The topological polar surface area (TPSA) is 113 Å². The van der Waals surface area contributed by atoms with Gasteiger partial charge in [0.25, 0.3) is 5.91 Å². The molecule has 1 aromatic carbocycles. The molecular weight excluding hydrogens is 370 g/mol. The first kappa shape index (κ1) is 19.3. The molecule has 2 fully saturated rings. The summed E-state index contributed by atoms with van der Waals surface area (Å²) in [6.45, 7) is 0.0886. The van der Waals surface area contributed by atoms with Gasteiger partial charge in [-0.05, 0) is 31.2 Å². The molecule has 9 heteroatoms. The second-order valence-corrected chi connectivity index (χ2v) is 9.30. The predicted molar refractivity (Wildman–Crippen MR) is 98.6 cm³/mol. The Morgan fingerprint density at radius 1 is 1.15 bits per heavy atom. The van der Waals surface area contributed by atoms with Crippen molar-refractivity contribution in [3.8, 4) is 0 Å². The number of nitrogens with zero attached hydrogens (tertiary/aromatic N) is 1. The molecule has 0 atom stereocenters. The van der Waals surface area contributed by atoms with E-state index in [-0.39, 0.29) is 30.9 Å². The Bertz CT molecular complexity index is 824. The van der Waals surface area contributed by atoms with Gasteiger partial charge in [-0.2, -0.15) is 0 Å². The fourth-order valence-electron chi connectivity index (χ4n) is 3.41. The first-order valence-corrected chi connectivity index (χ1v) is 10.8. The number of imide groups is 1. The zero-order valence-electron chi connectivity index (χ0n) is 14.9. The van der Waals surface area contributed by atoms with Crippen LogP contribution >= 0.6 is 0 Å². The maximum Gasteiger partial charge on any atom is 0.325 e. The van der Waals surface area contributed by atoms with Gasteiger partial charge in [0.15, 0.2) is 9.84 Å². The van der Waals surface area contributed by atoms with E-state index in [1.165, 1.54) is 5.56 Å². The van der Waals surface area contributed by atoms with Crippen molar-refractivity contribution in [2.24, 2.45) is 0 Å². The Balaban J connectivity index is 1.48. The minimum Gasteiger partial charge on any atom is -0.355 e. The minimum atomic E-state index is -3.17. The summed E-state index contributed by atoms with van der Waals surface area (Å²) in [6, 6.07) is 9.24. The molecule has 2 saturated heterocycles. The number of nitrogens with one attached hydrogen (secondary N) is 2. The van der Waals surface area contributed by atoms with Gasteiger partial charge in [0.1, 0.15) is 12.1 Å². The van der Waals surface area contributed by atoms with E-state index < -0.39 is 33.2 Å². The van der Waals surface area contributed by atoms with E-state index in [0.717, 1.165) is 17.7 Å². The number of urea groups is 1. The average molecular weight is 393 g/mol. The highest BCUT2D eigenvalue weighted by atomic mass is 32.2. The van der Waals surface area contributed by atoms with Crippen LogP contribution in [0.25, 0.3) is 0 Å². The van der Waals surface area contributed by atoms with Crippen LogP contribution in [0.1, 0.15) is 24.8 Å². The lowest BCUT2D eigenvalue weighted by atomic mass is 9.92. The van der Waals surface area contributed by atoms with E-state index in [1.54, 1.807) is 0 Å². The summed E-state index contributed by atoms with van der Waals surface area (Å²) in [4.78, 5) is 37.7. The predicted octanol–water partition coefficient (Wildman–Crippen LogP) is 0.235. The van der Waals surface area contributed by atoms with Crippen LogP contribution in [0.15, 0.2) is 30.3 Å². The molecule has 146 valence electrons. The summed E-state index contributed by atoms with van der Waals surface area (Å²) >= 11 is 0. The average Bonchev–Trinajstić information content (AvgIpc) is 2.87. The number of hydrogen-bond donors (Lipinski definition) is 2. The molecule has 2 aliphatic rings. The Morgan fingerprint density at radius 3 is 2.48 bits per heavy atom. The molecule has 2 aliphatic heterocycles. The van der Waals surface area contributed by atoms with Crippen molar-refractivity contribution in [2.75, 3.05) is 24.6 Å². The van der Waals surface area contributed by atoms with Crippen molar-refractivity contribution >= 4 is 27.7 Å². The van der Waals surface area contributed by atoms with Gasteiger partial charge in [-0.1, -0.05) is 30.3 Å². The van der Waals surface area contributed by atoms with E-state index in [2.05, 4.69) is 10.6 Å². The van der Waals surface area contributed by atoms with Gasteiger partial charge in [0.2, 0.25) is 5.91 Å². The second-order valence-electron chi connectivity index (χ2n) is 6.99. The lowest BCUT2D eigenvalue weighted by Gasteiger charge is -2.30. The summed E-state index contributed by atoms with van der Waals surface area (Å²) in [5.41, 5.74) is -0.00857. The van der Waals surface area contributed by atoms with Gasteiger partial charge < -0.3 is 10.6 Å². The van der Waals surface area contributed by atoms with Crippen LogP contribution in [0.4, 0.5) is 4.79 Å². The number of sulfone groups is 1. The number of aryl methyl sites for hydroxylation is 1. The van der Waals surface area contributed by atoms with E-state index in [9.17, 15) is 22.8 Å². The summed E-state index contributed by atoms with van der Waals surface area (Å²) in [5, 5.41) is 5.31. The minimum absolute atomic E-state index is 0.0507. The summed E-state index contributed by atoms with van der Waals surface area (Å²) in [5.74, 6) is -1.20. The second kappa shape index (κ2) is 7.67. The SMILES string of the molecule is O=C(CN1C(=O)NC2(CCS(=O)(=O)CC2)C1=O)NCCCc1ccccc1. The molecule has 0 radical (unpaired) electrons. The molecule has 0 saturated carbocycles. The highest BCUT2D eigenvalue weighted by molar-refractivity contribution is 7.91. The third kappa shape index (κ3) is 4.47. The van der Waals surface area contributed by atoms with Crippen molar-refractivity contribution in [2.45, 2.75) is 31.2 Å². The number of carbonyl (C=O) groups is 3. The summed E-state index contributed by atoms with van der Waals surface area (Å²) in [7, 11) is -3.17. The maximum absolute atomic E-state index is 12.6. The van der Waals surface area contributed by atoms with E-state index in [0.29, 0.717) is 6.54 Å². The highest BCUT2D eigenvalue weighted by Crippen LogP contribution is 2.30. The number of amides is 4. The molecular formula is C18H23N3O5S. The number of hydrogen-bond acceptors (Lipinski definition) is 5. The van der Waals surface area contributed by atoms with Crippen LogP contribution in [-0.2, 0) is 25.8 Å². The van der Waals surface area contributed by atoms with Crippen LogP contribution < -0.4 is 10.6 Å². The van der Waals surface area contributed by atoms with Gasteiger partial charge in [-0.3, -0.25) is 14.5 Å². The maximum atomic E-state index is 12.6. The molecule has 8 nitrogen and oxygen atoms in total. The fraction of sp³-hybridized carbons (Fsp3) is 0.500. The lowest BCUT2D eigenvalue weighted by Crippen LogP contribution is -2.52. The van der Waals surface area contributed by atoms with Gasteiger partial charge in [0.05, 0.1) is 11.5 Å². The number of benzene rings is 1. The highest BCUT2D eigenvalue weighted by Gasteiger charge is 2.53. The Labute approximate surface area is 158 Å². The molecule has 3 rings (SSSR count). The molecule has 1 spiro atoms. The molecule has 0 aromatic heterocycles. The van der Waals surface area contributed by atoms with Crippen molar-refractivity contribution in [1.29, 1.82) is 0 Å². The van der Waals surface area contributed by atoms with Crippen LogP contribution in [0.3, 0.4) is 0 Å². The normalized spacial score (nSPS) is 20.5. The Hall–Kier alpha value is -2.42. The smallest absolute Gasteiger partial charge is 0.325 e. The third-order valence-electron chi connectivity index (χ3n) is 5.03. The van der Waals surface area contributed by atoms with Crippen LogP contribution in [0, 0.1) is 0 Å². The lowest BCUT2D eigenvalue weighted by molar-refractivity contribution is -0.135. The van der Waals surface area contributed by atoms with Crippen LogP contribution in [-0.4, -0.2) is 61.3 Å². The van der Waals surface area contributed by atoms with Crippen molar-refractivity contribution < 1.29 is 22.8 Å². The zero-order chi connectivity index (χ0) is 19.5. The van der Waals surface area contributed by atoms with Gasteiger partial charge in [0, 0.05) is 6.54 Å². The van der Waals surface area contributed by atoms with Gasteiger partial charge in [-0.25, -0.2) is 13.2 Å². The molecule has 1 aromatic rings. The van der Waals surface area contributed by atoms with E-state index in [1.807, 2.05) is 30.3 Å². The number of rotatable bonds is 6. The van der Waals surface area contributed by atoms with Crippen LogP contribution in [0.2, 0.25) is 0 Å². The quantitative estimate of drug-likeness (QED) is 0.531. The van der Waals surface area contributed by atoms with Crippen molar-refractivity contribution in [3.63, 3.8) is 0 Å². The monoisotopic (exact) mass is 393 g/mol. The fourth-order valence-corrected chi connectivity index (χ4v) is 4.93. The first-order valence-electron chi connectivity index (χ1n) is 8.96. The molecule has 4 amide bonds. The van der Waals surface area contributed by atoms with Gasteiger partial charge >= 0.3 is 6.03 Å². The summed E-state index contributed by atoms with van der Waals surface area (Å²) < 4.78 is 23.2. The van der Waals surface area contributed by atoms with E-state index >= 15 is 0 Å². The van der Waals surface area contributed by atoms with Crippen molar-refractivity contribution in [3.05, 3.63) is 35.9 Å². The Kier molecular flexibility index (Phi) is 5.50. The Morgan fingerprint density at radius 2 is 1.81 bits per heavy atom. The first-order chi connectivity index (χ1) is 12.8. The summed E-state index contributed by atoms with van der Waals surface area (Å²) in [6.07, 6.45) is 1.67. The largest absolute Gasteiger partial charge is 0.355 e. The molecule has 0 aliphatic carbocycles.